The molecule has 0 saturated heterocycles. The van der Waals surface area contributed by atoms with Gasteiger partial charge in [0.25, 0.3) is 0 Å². The number of hydrogen-bond acceptors (Lipinski definition) is 2. The van der Waals surface area contributed by atoms with Crippen LogP contribution in [0.2, 0.25) is 0 Å². The molecule has 0 fully saturated rings. The highest BCUT2D eigenvalue weighted by Crippen LogP contribution is 2.05. The molecule has 1 aromatic carbocycles. The quantitative estimate of drug-likeness (QED) is 0.463. The molecule has 0 aliphatic heterocycles. The molecule has 0 heterocycles. The SMILES string of the molecule is O=C(CBr)C(=O)c1cccc(F)c1. The van der Waals surface area contributed by atoms with E-state index in [0.29, 0.717) is 0 Å². The Morgan fingerprint density at radius 3 is 2.62 bits per heavy atom. The van der Waals surface area contributed by atoms with Crippen LogP contribution in [0.25, 0.3) is 0 Å². The van der Waals surface area contributed by atoms with Crippen LogP contribution >= 0.6 is 15.9 Å². The number of hydrogen-bond donors (Lipinski definition) is 0. The van der Waals surface area contributed by atoms with Crippen LogP contribution in [0.5, 0.6) is 0 Å². The predicted molar refractivity (Wildman–Crippen MR) is 49.5 cm³/mol. The van der Waals surface area contributed by atoms with Gasteiger partial charge in [-0.25, -0.2) is 4.39 Å². The normalized spacial score (nSPS) is 9.69. The molecule has 0 unspecified atom stereocenters. The van der Waals surface area contributed by atoms with E-state index in [9.17, 15) is 14.0 Å². The number of rotatable bonds is 3. The highest BCUT2D eigenvalue weighted by molar-refractivity contribution is 9.09. The first-order valence-electron chi connectivity index (χ1n) is 3.54. The van der Waals surface area contributed by atoms with Crippen molar-refractivity contribution < 1.29 is 14.0 Å². The summed E-state index contributed by atoms with van der Waals surface area (Å²) in [6.07, 6.45) is 0. The van der Waals surface area contributed by atoms with E-state index in [-0.39, 0.29) is 10.9 Å². The summed E-state index contributed by atoms with van der Waals surface area (Å²) in [7, 11) is 0. The second-order valence-corrected chi connectivity index (χ2v) is 2.96. The van der Waals surface area contributed by atoms with Gasteiger partial charge in [-0.1, -0.05) is 28.1 Å². The lowest BCUT2D eigenvalue weighted by atomic mass is 10.1. The van der Waals surface area contributed by atoms with Crippen LogP contribution in [0, 0.1) is 5.82 Å². The largest absolute Gasteiger partial charge is 0.290 e. The maximum atomic E-state index is 12.6. The molecule has 68 valence electrons. The zero-order valence-electron chi connectivity index (χ0n) is 6.59. The van der Waals surface area contributed by atoms with E-state index in [0.717, 1.165) is 6.07 Å². The molecular weight excluding hydrogens is 239 g/mol. The molecular formula is C9H6BrFO2. The van der Waals surface area contributed by atoms with Crippen LogP contribution in [-0.4, -0.2) is 16.9 Å². The Bertz CT molecular complexity index is 349. The van der Waals surface area contributed by atoms with Gasteiger partial charge in [0, 0.05) is 5.56 Å². The average molecular weight is 245 g/mol. The van der Waals surface area contributed by atoms with Crippen molar-refractivity contribution in [1.29, 1.82) is 0 Å². The maximum absolute atomic E-state index is 12.6. The summed E-state index contributed by atoms with van der Waals surface area (Å²) in [4.78, 5) is 22.1. The zero-order valence-corrected chi connectivity index (χ0v) is 8.17. The summed E-state index contributed by atoms with van der Waals surface area (Å²) in [5, 5.41) is -0.0393. The molecule has 4 heteroatoms. The van der Waals surface area contributed by atoms with E-state index in [1.54, 1.807) is 0 Å². The lowest BCUT2D eigenvalue weighted by molar-refractivity contribution is -0.112. The van der Waals surface area contributed by atoms with Gasteiger partial charge in [0.05, 0.1) is 5.33 Å². The smallest absolute Gasteiger partial charge is 0.229 e. The molecule has 1 rings (SSSR count). The van der Waals surface area contributed by atoms with Gasteiger partial charge in [-0.05, 0) is 12.1 Å². The average Bonchev–Trinajstić information content (AvgIpc) is 2.15. The molecule has 0 aliphatic rings. The number of benzene rings is 1. The summed E-state index contributed by atoms with van der Waals surface area (Å²) in [5.74, 6) is -1.77. The van der Waals surface area contributed by atoms with E-state index >= 15 is 0 Å². The van der Waals surface area contributed by atoms with Gasteiger partial charge in [0.1, 0.15) is 5.82 Å². The lowest BCUT2D eigenvalue weighted by Gasteiger charge is -1.96. The molecule has 0 spiro atoms. The Labute approximate surface area is 82.9 Å². The first kappa shape index (κ1) is 10.1. The highest BCUT2D eigenvalue weighted by Gasteiger charge is 2.14. The van der Waals surface area contributed by atoms with Crippen molar-refractivity contribution >= 4 is 27.5 Å². The molecule has 0 bridgehead atoms. The minimum absolute atomic E-state index is 0.0393. The number of ketones is 2. The van der Waals surface area contributed by atoms with Crippen LogP contribution in [-0.2, 0) is 4.79 Å². The van der Waals surface area contributed by atoms with Crippen LogP contribution in [0.4, 0.5) is 4.39 Å². The third-order valence-electron chi connectivity index (χ3n) is 1.46. The number of carbonyl (C=O) groups is 2. The van der Waals surface area contributed by atoms with Crippen molar-refractivity contribution in [3.8, 4) is 0 Å². The third kappa shape index (κ3) is 2.45. The maximum Gasteiger partial charge on any atom is 0.229 e. The van der Waals surface area contributed by atoms with E-state index in [2.05, 4.69) is 15.9 Å². The number of halogens is 2. The second-order valence-electron chi connectivity index (χ2n) is 2.40. The Hall–Kier alpha value is -1.03. The molecule has 0 N–H and O–H groups in total. The topological polar surface area (TPSA) is 34.1 Å². The molecule has 1 aromatic rings. The van der Waals surface area contributed by atoms with Crippen molar-refractivity contribution in [2.24, 2.45) is 0 Å². The third-order valence-corrected chi connectivity index (χ3v) is 1.97. The van der Waals surface area contributed by atoms with E-state index in [4.69, 9.17) is 0 Å². The van der Waals surface area contributed by atoms with Gasteiger partial charge < -0.3 is 0 Å². The van der Waals surface area contributed by atoms with Gasteiger partial charge in [-0.2, -0.15) is 0 Å². The zero-order chi connectivity index (χ0) is 9.84. The van der Waals surface area contributed by atoms with Crippen molar-refractivity contribution in [2.75, 3.05) is 5.33 Å². The van der Waals surface area contributed by atoms with Gasteiger partial charge in [-0.15, -0.1) is 0 Å². The molecule has 0 aliphatic carbocycles. The first-order chi connectivity index (χ1) is 6.15. The van der Waals surface area contributed by atoms with Crippen molar-refractivity contribution in [1.82, 2.24) is 0 Å². The van der Waals surface area contributed by atoms with Gasteiger partial charge in [0.15, 0.2) is 0 Å². The number of carbonyl (C=O) groups excluding carboxylic acids is 2. The predicted octanol–water partition coefficient (Wildman–Crippen LogP) is 1.97. The minimum atomic E-state index is -0.670. The minimum Gasteiger partial charge on any atom is -0.290 e. The number of Topliss-reactive ketones (excluding diaryl/α,β-unsaturated/α-hetero) is 2. The Balaban J connectivity index is 2.95. The van der Waals surface area contributed by atoms with E-state index in [1.165, 1.54) is 18.2 Å². The Morgan fingerprint density at radius 2 is 2.08 bits per heavy atom. The fourth-order valence-corrected chi connectivity index (χ4v) is 1.11. The van der Waals surface area contributed by atoms with Gasteiger partial charge in [0.2, 0.25) is 11.6 Å². The van der Waals surface area contributed by atoms with E-state index in [1.807, 2.05) is 0 Å². The molecule has 13 heavy (non-hydrogen) atoms. The molecule has 2 nitrogen and oxygen atoms in total. The highest BCUT2D eigenvalue weighted by atomic mass is 79.9. The summed E-state index contributed by atoms with van der Waals surface area (Å²) >= 11 is 2.87. The number of alkyl halides is 1. The molecule has 0 saturated carbocycles. The summed E-state index contributed by atoms with van der Waals surface area (Å²) in [6, 6.07) is 5.06. The first-order valence-corrected chi connectivity index (χ1v) is 4.66. The Kier molecular flexibility index (Phi) is 3.31. The second kappa shape index (κ2) is 4.28. The summed E-state index contributed by atoms with van der Waals surface area (Å²) in [6.45, 7) is 0. The van der Waals surface area contributed by atoms with Crippen LogP contribution in [0.3, 0.4) is 0 Å². The lowest BCUT2D eigenvalue weighted by Crippen LogP contribution is -2.15. The molecule has 0 amide bonds. The summed E-state index contributed by atoms with van der Waals surface area (Å²) < 4.78 is 12.6. The molecule has 0 aromatic heterocycles. The van der Waals surface area contributed by atoms with Crippen LogP contribution in [0.1, 0.15) is 10.4 Å². The van der Waals surface area contributed by atoms with Crippen molar-refractivity contribution in [2.45, 2.75) is 0 Å². The van der Waals surface area contributed by atoms with Gasteiger partial charge in [-0.3, -0.25) is 9.59 Å². The van der Waals surface area contributed by atoms with Gasteiger partial charge >= 0.3 is 0 Å². The summed E-state index contributed by atoms with van der Waals surface area (Å²) in [5.41, 5.74) is 0.0875. The van der Waals surface area contributed by atoms with Crippen molar-refractivity contribution in [3.05, 3.63) is 35.6 Å². The molecule has 0 radical (unpaired) electrons. The van der Waals surface area contributed by atoms with Crippen molar-refractivity contribution in [3.63, 3.8) is 0 Å². The Morgan fingerprint density at radius 1 is 1.38 bits per heavy atom. The van der Waals surface area contributed by atoms with E-state index < -0.39 is 17.4 Å². The monoisotopic (exact) mass is 244 g/mol. The van der Waals surface area contributed by atoms with Crippen LogP contribution in [0.15, 0.2) is 24.3 Å². The molecule has 0 atom stereocenters. The standard InChI is InChI=1S/C9H6BrFO2/c10-5-8(12)9(13)6-2-1-3-7(11)4-6/h1-4H,5H2. The fourth-order valence-electron chi connectivity index (χ4n) is 0.851. The van der Waals surface area contributed by atoms with Crippen LogP contribution < -0.4 is 0 Å². The fraction of sp³-hybridized carbons (Fsp3) is 0.111.